The summed E-state index contributed by atoms with van der Waals surface area (Å²) in [5.74, 6) is 1.47. The maximum absolute atomic E-state index is 14.3. The second kappa shape index (κ2) is 9.89. The van der Waals surface area contributed by atoms with E-state index in [0.29, 0.717) is 6.54 Å². The van der Waals surface area contributed by atoms with E-state index in [4.69, 9.17) is 9.47 Å². The molecule has 0 N–H and O–H groups in total. The Morgan fingerprint density at radius 3 is 2.08 bits per heavy atom. The minimum atomic E-state index is -0.467. The zero-order valence-corrected chi connectivity index (χ0v) is 21.1. The summed E-state index contributed by atoms with van der Waals surface area (Å²) in [6.07, 6.45) is -0.467. The van der Waals surface area contributed by atoms with Crippen LogP contribution in [-0.2, 0) is 6.54 Å². The number of hydrogen-bond donors (Lipinski definition) is 0. The molecule has 1 saturated heterocycles. The van der Waals surface area contributed by atoms with Crippen molar-refractivity contribution in [3.63, 3.8) is 0 Å². The summed E-state index contributed by atoms with van der Waals surface area (Å²) in [6, 6.07) is 32.7. The summed E-state index contributed by atoms with van der Waals surface area (Å²) < 4.78 is 12.7. The van der Waals surface area contributed by atoms with Crippen molar-refractivity contribution in [1.82, 2.24) is 19.9 Å². The third-order valence-electron chi connectivity index (χ3n) is 6.96. The van der Waals surface area contributed by atoms with Crippen LogP contribution in [0.2, 0.25) is 0 Å². The molecule has 2 heterocycles. The smallest absolute Gasteiger partial charge is 0.327 e. The molecule has 4 aromatic carbocycles. The van der Waals surface area contributed by atoms with Gasteiger partial charge in [-0.3, -0.25) is 9.80 Å². The fraction of sp³-hybridized carbons (Fsp3) is 0.167. The largest absolute Gasteiger partial charge is 0.497 e. The summed E-state index contributed by atoms with van der Waals surface area (Å²) in [5.41, 5.74) is 4.38. The van der Waals surface area contributed by atoms with Gasteiger partial charge in [-0.1, -0.05) is 59.8 Å². The highest BCUT2D eigenvalue weighted by atomic mass is 16.5. The maximum atomic E-state index is 14.3. The average Bonchev–Trinajstić information content (AvgIpc) is 3.52. The molecule has 1 aliphatic heterocycles. The number of hydrogen-bond acceptors (Lipinski definition) is 5. The molecule has 2 atom stereocenters. The van der Waals surface area contributed by atoms with Crippen molar-refractivity contribution in [2.24, 2.45) is 0 Å². The van der Waals surface area contributed by atoms with Crippen molar-refractivity contribution < 1.29 is 14.3 Å². The number of methoxy groups -OCH3 is 2. The van der Waals surface area contributed by atoms with Gasteiger partial charge >= 0.3 is 6.03 Å². The third kappa shape index (κ3) is 4.10. The van der Waals surface area contributed by atoms with Crippen molar-refractivity contribution in [2.45, 2.75) is 18.8 Å². The summed E-state index contributed by atoms with van der Waals surface area (Å²) in [4.78, 5) is 18.1. The highest BCUT2D eigenvalue weighted by Gasteiger charge is 2.49. The van der Waals surface area contributed by atoms with Gasteiger partial charge in [-0.05, 0) is 59.7 Å². The predicted octanol–water partition coefficient (Wildman–Crippen LogP) is 5.83. The first-order valence-electron chi connectivity index (χ1n) is 12.4. The lowest BCUT2D eigenvalue weighted by Crippen LogP contribution is -2.33. The molecular weight excluding hydrogens is 478 g/mol. The van der Waals surface area contributed by atoms with Crippen LogP contribution in [0.4, 0.5) is 10.5 Å². The van der Waals surface area contributed by atoms with E-state index in [0.717, 1.165) is 39.3 Å². The fourth-order valence-electron chi connectivity index (χ4n) is 5.10. The lowest BCUT2D eigenvalue weighted by molar-refractivity contribution is 0.163. The molecule has 1 fully saturated rings. The molecule has 5 aromatic rings. The molecule has 0 saturated carbocycles. The van der Waals surface area contributed by atoms with E-state index in [1.54, 1.807) is 14.2 Å². The standard InChI is InChI=1S/C30H27N5O3/c1-37-24-16-12-22(13-17-24)28-29(35-27-11-7-6-10-26(27)31-32-35)33(20-21-8-4-3-5-9-21)30(36)34(28)23-14-18-25(38-2)19-15-23/h3-19,28-29H,20H2,1-2H3. The number of anilines is 1. The van der Waals surface area contributed by atoms with Gasteiger partial charge in [0.05, 0.1) is 19.7 Å². The Kier molecular flexibility index (Phi) is 6.13. The van der Waals surface area contributed by atoms with Crippen molar-refractivity contribution >= 4 is 22.8 Å². The Morgan fingerprint density at radius 1 is 0.763 bits per heavy atom. The number of urea groups is 1. The van der Waals surface area contributed by atoms with E-state index in [1.807, 2.05) is 118 Å². The fourth-order valence-corrected chi connectivity index (χ4v) is 5.10. The normalized spacial score (nSPS) is 17.3. The van der Waals surface area contributed by atoms with Crippen LogP contribution in [-0.4, -0.2) is 40.1 Å². The van der Waals surface area contributed by atoms with Crippen molar-refractivity contribution in [3.05, 3.63) is 114 Å². The number of aromatic nitrogens is 3. The van der Waals surface area contributed by atoms with E-state index in [2.05, 4.69) is 10.3 Å². The van der Waals surface area contributed by atoms with Gasteiger partial charge in [0.2, 0.25) is 0 Å². The Hall–Kier alpha value is -4.85. The van der Waals surface area contributed by atoms with Gasteiger partial charge in [0.1, 0.15) is 23.1 Å². The molecule has 2 unspecified atom stereocenters. The summed E-state index contributed by atoms with van der Waals surface area (Å²) in [5, 5.41) is 9.00. The van der Waals surface area contributed by atoms with E-state index >= 15 is 0 Å². The molecule has 38 heavy (non-hydrogen) atoms. The number of ether oxygens (including phenoxy) is 2. The highest BCUT2D eigenvalue weighted by Crippen LogP contribution is 2.46. The third-order valence-corrected chi connectivity index (χ3v) is 6.96. The first-order chi connectivity index (χ1) is 18.7. The van der Waals surface area contributed by atoms with Crippen LogP contribution in [0.3, 0.4) is 0 Å². The molecule has 2 amide bonds. The monoisotopic (exact) mass is 505 g/mol. The number of para-hydroxylation sites is 1. The van der Waals surface area contributed by atoms with Crippen molar-refractivity contribution in [3.8, 4) is 11.5 Å². The molecule has 0 spiro atoms. The molecule has 190 valence electrons. The van der Waals surface area contributed by atoms with Crippen LogP contribution in [0.5, 0.6) is 11.5 Å². The zero-order chi connectivity index (χ0) is 26.1. The van der Waals surface area contributed by atoms with E-state index in [1.165, 1.54) is 0 Å². The minimum absolute atomic E-state index is 0.121. The highest BCUT2D eigenvalue weighted by molar-refractivity contribution is 5.96. The predicted molar refractivity (Wildman–Crippen MR) is 145 cm³/mol. The number of rotatable bonds is 7. The quantitative estimate of drug-likeness (QED) is 0.278. The molecule has 8 heteroatoms. The van der Waals surface area contributed by atoms with Crippen LogP contribution in [0.25, 0.3) is 11.0 Å². The number of nitrogens with zero attached hydrogens (tertiary/aromatic N) is 5. The Balaban J connectivity index is 1.55. The van der Waals surface area contributed by atoms with Crippen LogP contribution in [0, 0.1) is 0 Å². The summed E-state index contributed by atoms with van der Waals surface area (Å²) in [7, 11) is 3.27. The SMILES string of the molecule is COc1ccc(C2C(n3nnc4ccccc43)N(Cc3ccccc3)C(=O)N2c2ccc(OC)cc2)cc1. The Labute approximate surface area is 220 Å². The van der Waals surface area contributed by atoms with Gasteiger partial charge < -0.3 is 9.47 Å². The van der Waals surface area contributed by atoms with Gasteiger partial charge in [0.15, 0.2) is 6.17 Å². The molecule has 1 aliphatic rings. The first kappa shape index (κ1) is 23.5. The molecule has 6 rings (SSSR count). The van der Waals surface area contributed by atoms with Crippen LogP contribution in [0.15, 0.2) is 103 Å². The minimum Gasteiger partial charge on any atom is -0.497 e. The van der Waals surface area contributed by atoms with Crippen LogP contribution < -0.4 is 14.4 Å². The zero-order valence-electron chi connectivity index (χ0n) is 21.1. The number of carbonyl (C=O) groups excluding carboxylic acids is 1. The second-order valence-electron chi connectivity index (χ2n) is 9.12. The molecule has 8 nitrogen and oxygen atoms in total. The lowest BCUT2D eigenvalue weighted by atomic mass is 10.0. The number of carbonyl (C=O) groups is 1. The Bertz CT molecular complexity index is 1550. The molecule has 1 aromatic heterocycles. The molecule has 0 radical (unpaired) electrons. The lowest BCUT2D eigenvalue weighted by Gasteiger charge is -2.29. The van der Waals surface area contributed by atoms with Gasteiger partial charge in [-0.15, -0.1) is 5.10 Å². The van der Waals surface area contributed by atoms with Gasteiger partial charge in [0.25, 0.3) is 0 Å². The number of fused-ring (bicyclic) bond motifs is 1. The van der Waals surface area contributed by atoms with Crippen molar-refractivity contribution in [1.29, 1.82) is 0 Å². The van der Waals surface area contributed by atoms with Gasteiger partial charge in [0, 0.05) is 12.2 Å². The number of amides is 2. The Morgan fingerprint density at radius 2 is 1.39 bits per heavy atom. The molecule has 0 bridgehead atoms. The van der Waals surface area contributed by atoms with Crippen molar-refractivity contribution in [2.75, 3.05) is 19.1 Å². The molecule has 0 aliphatic carbocycles. The molecular formula is C30H27N5O3. The van der Waals surface area contributed by atoms with Gasteiger partial charge in [-0.25, -0.2) is 9.48 Å². The number of benzene rings is 4. The van der Waals surface area contributed by atoms with Gasteiger partial charge in [-0.2, -0.15) is 0 Å². The van der Waals surface area contributed by atoms with Crippen LogP contribution >= 0.6 is 0 Å². The van der Waals surface area contributed by atoms with E-state index in [9.17, 15) is 4.79 Å². The second-order valence-corrected chi connectivity index (χ2v) is 9.12. The topological polar surface area (TPSA) is 72.7 Å². The van der Waals surface area contributed by atoms with E-state index in [-0.39, 0.29) is 6.03 Å². The maximum Gasteiger partial charge on any atom is 0.327 e. The summed E-state index contributed by atoms with van der Waals surface area (Å²) >= 11 is 0. The average molecular weight is 506 g/mol. The van der Waals surface area contributed by atoms with Crippen LogP contribution in [0.1, 0.15) is 23.3 Å². The first-order valence-corrected chi connectivity index (χ1v) is 12.4. The van der Waals surface area contributed by atoms with E-state index < -0.39 is 12.2 Å². The summed E-state index contributed by atoms with van der Waals surface area (Å²) in [6.45, 7) is 0.415.